The van der Waals surface area contributed by atoms with Crippen LogP contribution < -0.4 is 9.47 Å². The van der Waals surface area contributed by atoms with Gasteiger partial charge in [0.15, 0.2) is 12.6 Å². The molecule has 19 heteroatoms. The molecule has 4 aromatic rings. The van der Waals surface area contributed by atoms with Gasteiger partial charge < -0.3 is 33.5 Å². The summed E-state index contributed by atoms with van der Waals surface area (Å²) in [5.74, 6) is 2.19. The van der Waals surface area contributed by atoms with Crippen LogP contribution in [-0.4, -0.2) is 134 Å². The maximum absolute atomic E-state index is 12.8. The zero-order chi connectivity index (χ0) is 42.7. The van der Waals surface area contributed by atoms with Crippen LogP contribution in [0.5, 0.6) is 23.0 Å². The average Bonchev–Trinajstić information content (AvgIpc) is 4.02. The summed E-state index contributed by atoms with van der Waals surface area (Å²) in [5.41, 5.74) is 1.34. The quantitative estimate of drug-likeness (QED) is 0.141. The van der Waals surface area contributed by atoms with Crippen molar-refractivity contribution in [2.24, 2.45) is 0 Å². The number of hydrogen-bond acceptors (Lipinski definition) is 12. The topological polar surface area (TPSA) is 144 Å². The Morgan fingerprint density at radius 2 is 1.00 bits per heavy atom. The summed E-state index contributed by atoms with van der Waals surface area (Å²) < 4.78 is 83.4. The summed E-state index contributed by atoms with van der Waals surface area (Å²) in [6.07, 6.45) is 2.88. The second-order valence-electron chi connectivity index (χ2n) is 14.4. The predicted molar refractivity (Wildman–Crippen MR) is 250 cm³/mol. The van der Waals surface area contributed by atoms with Gasteiger partial charge in [0.25, 0.3) is 0 Å². The van der Waals surface area contributed by atoms with E-state index in [4.69, 9.17) is 23.7 Å². The first-order valence-corrected chi connectivity index (χ1v) is 24.1. The molecule has 4 aliphatic rings. The predicted octanol–water partition coefficient (Wildman–Crippen LogP) is 8.31. The van der Waals surface area contributed by atoms with E-state index in [0.717, 1.165) is 55.7 Å². The van der Waals surface area contributed by atoms with Crippen LogP contribution in [0.2, 0.25) is 0 Å². The van der Waals surface area contributed by atoms with Gasteiger partial charge in [0.2, 0.25) is 20.0 Å². The minimum Gasteiger partial charge on any atom is -0.457 e. The number of carbonyl (C=O) groups excluding carboxylic acids is 1. The molecule has 0 atom stereocenters. The van der Waals surface area contributed by atoms with Crippen molar-refractivity contribution in [3.8, 4) is 23.0 Å². The van der Waals surface area contributed by atoms with Crippen LogP contribution in [0.4, 0.5) is 0 Å². The summed E-state index contributed by atoms with van der Waals surface area (Å²) in [6, 6.07) is 23.5. The molecule has 0 bridgehead atoms. The van der Waals surface area contributed by atoms with Gasteiger partial charge in [-0.3, -0.25) is 4.79 Å². The largest absolute Gasteiger partial charge is 0.457 e. The third kappa shape index (κ3) is 14.0. The molecule has 0 aliphatic carbocycles. The van der Waals surface area contributed by atoms with Gasteiger partial charge in [0.1, 0.15) is 23.0 Å². The number of benzene rings is 4. The molecule has 62 heavy (non-hydrogen) atoms. The lowest BCUT2D eigenvalue weighted by Crippen LogP contribution is -2.46. The van der Waals surface area contributed by atoms with Crippen LogP contribution in [-0.2, 0) is 34.3 Å². The van der Waals surface area contributed by atoms with Gasteiger partial charge in [-0.1, -0.05) is 39.3 Å². The summed E-state index contributed by atoms with van der Waals surface area (Å²) in [7, 11) is -3.00. The number of carbonyl (C=O) groups is 1. The Labute approximate surface area is 390 Å². The third-order valence-corrected chi connectivity index (χ3v) is 15.4. The van der Waals surface area contributed by atoms with Crippen molar-refractivity contribution >= 4 is 70.6 Å². The van der Waals surface area contributed by atoms with E-state index in [0.29, 0.717) is 72.4 Å². The third-order valence-electron chi connectivity index (χ3n) is 10.1. The maximum Gasteiger partial charge on any atom is 0.243 e. The molecule has 0 radical (unpaired) electrons. The molecule has 0 amide bonds. The summed E-state index contributed by atoms with van der Waals surface area (Å²) >= 11 is 6.80. The Bertz CT molecular complexity index is 2250. The molecule has 4 heterocycles. The van der Waals surface area contributed by atoms with Crippen LogP contribution in [0.15, 0.2) is 104 Å². The number of sulfonamides is 2. The summed E-state index contributed by atoms with van der Waals surface area (Å²) in [6.45, 7) is 8.04. The van der Waals surface area contributed by atoms with Crippen LogP contribution in [0.3, 0.4) is 0 Å². The number of ether oxygens (including phenoxy) is 5. The van der Waals surface area contributed by atoms with E-state index in [1.807, 2.05) is 32.3 Å². The first kappa shape index (κ1) is 51.7. The lowest BCUT2D eigenvalue weighted by atomic mass is 10.2. The van der Waals surface area contributed by atoms with E-state index in [2.05, 4.69) is 41.7 Å². The van der Waals surface area contributed by atoms with E-state index in [1.165, 1.54) is 21.5 Å². The number of likely N-dealkylation sites (N-methyl/N-ethyl adjacent to an activating group) is 2. The average molecular weight is 1050 g/mol. The van der Waals surface area contributed by atoms with E-state index in [1.54, 1.807) is 66.7 Å². The van der Waals surface area contributed by atoms with Crippen molar-refractivity contribution in [2.75, 3.05) is 92.9 Å². The van der Waals surface area contributed by atoms with Gasteiger partial charge in [0, 0.05) is 87.1 Å². The molecule has 0 saturated carbocycles. The van der Waals surface area contributed by atoms with Gasteiger partial charge >= 0.3 is 0 Å². The van der Waals surface area contributed by atoms with E-state index in [-0.39, 0.29) is 31.1 Å². The monoisotopic (exact) mass is 1050 g/mol. The second-order valence-corrected chi connectivity index (χ2v) is 20.0. The molecule has 14 nitrogen and oxygen atoms in total. The van der Waals surface area contributed by atoms with Crippen molar-refractivity contribution in [1.82, 2.24) is 18.4 Å². The maximum atomic E-state index is 12.8. The van der Waals surface area contributed by atoms with Crippen LogP contribution >= 0.6 is 44.3 Å². The van der Waals surface area contributed by atoms with E-state index < -0.39 is 26.3 Å². The molecular formula is C43H57Br2ClN4O10S2. The van der Waals surface area contributed by atoms with Gasteiger partial charge in [-0.25, -0.2) is 16.8 Å². The van der Waals surface area contributed by atoms with Gasteiger partial charge in [0.05, 0.1) is 23.0 Å². The minimum atomic E-state index is -3.49. The van der Waals surface area contributed by atoms with Crippen molar-refractivity contribution < 1.29 is 46.7 Å². The highest BCUT2D eigenvalue weighted by Crippen LogP contribution is 2.35. The molecule has 4 saturated heterocycles. The van der Waals surface area contributed by atoms with Gasteiger partial charge in [-0.2, -0.15) is 8.61 Å². The van der Waals surface area contributed by atoms with Crippen LogP contribution in [0, 0.1) is 0 Å². The molecule has 0 spiro atoms. The molecule has 4 aromatic carbocycles. The number of hydrogen-bond donors (Lipinski definition) is 0. The number of rotatable bonds is 10. The Morgan fingerprint density at radius 3 is 1.40 bits per heavy atom. The molecule has 0 unspecified atom stereocenters. The normalized spacial score (nSPS) is 17.9. The van der Waals surface area contributed by atoms with Gasteiger partial charge in [-0.15, -0.1) is 12.4 Å². The van der Waals surface area contributed by atoms with E-state index >= 15 is 0 Å². The lowest BCUT2D eigenvalue weighted by molar-refractivity contribution is -0.0447. The van der Waals surface area contributed by atoms with Gasteiger partial charge in [-0.05, 0) is 112 Å². The Hall–Kier alpha value is -2.98. The van der Waals surface area contributed by atoms with Crippen molar-refractivity contribution in [3.63, 3.8) is 0 Å². The Balaban J connectivity index is 0.000000290. The molecular weight excluding hydrogens is 992 g/mol. The highest BCUT2D eigenvalue weighted by molar-refractivity contribution is 9.10. The fourth-order valence-corrected chi connectivity index (χ4v) is 10.1. The highest BCUT2D eigenvalue weighted by Gasteiger charge is 2.29. The lowest BCUT2D eigenvalue weighted by Gasteiger charge is -2.31. The van der Waals surface area contributed by atoms with Crippen LogP contribution in [0.1, 0.15) is 43.9 Å². The molecule has 4 fully saturated rings. The minimum absolute atomic E-state index is 0. The Kier molecular flexibility index (Phi) is 20.3. The zero-order valence-electron chi connectivity index (χ0n) is 34.0. The van der Waals surface area contributed by atoms with E-state index in [9.17, 15) is 21.6 Å². The Morgan fingerprint density at radius 1 is 0.597 bits per heavy atom. The standard InChI is InChI=1S/C20H23BrN2O5S.C18H19BrN2O4S.C4H8O.CH4.ClH.H2/c1-22-8-10-23(11-9-22)29(24,25)17-5-2-15(3-6-17)28-16-4-7-19(21)18(14-16)20-26-12-13-27-20;1-20-8-10-21(11-9-20)26(23,24)17-5-2-15(3-6-17)25-16-4-7-18(19)14(12-16)13-22;1-2-4-5-3-1;;;/h2-7,14,20H,8-13H2,1H3;2-7,12-13H,8-11H2,1H3;1-4H2;1H4;2*1H/i;;;;;1+1. The number of halogens is 3. The fraction of sp³-hybridized carbons (Fsp3) is 0.419. The summed E-state index contributed by atoms with van der Waals surface area (Å²) in [5, 5.41) is 0. The van der Waals surface area contributed by atoms with Crippen LogP contribution in [0.25, 0.3) is 0 Å². The number of nitrogens with zero attached hydrogens (tertiary/aromatic N) is 4. The number of aldehydes is 1. The van der Waals surface area contributed by atoms with Crippen molar-refractivity contribution in [3.05, 3.63) is 105 Å². The number of piperazine rings is 2. The zero-order valence-corrected chi connectivity index (χ0v) is 39.6. The van der Waals surface area contributed by atoms with Crippen molar-refractivity contribution in [1.29, 1.82) is 0 Å². The first-order chi connectivity index (χ1) is 28.8. The molecule has 0 N–H and O–H groups in total. The molecule has 8 rings (SSSR count). The second kappa shape index (κ2) is 24.3. The highest BCUT2D eigenvalue weighted by atomic mass is 79.9. The molecule has 0 aromatic heterocycles. The molecule has 342 valence electrons. The SMILES string of the molecule is C.C1CCOC1.CN1CCN(S(=O)(=O)c2ccc(Oc3ccc(Br)c(C4OCCO4)c3)cc2)CC1.CN1CCN(S(=O)(=O)c2ccc(Oc3ccc(Br)c(C=O)c3)cc2)CC1.Cl.[2HH]. The van der Waals surface area contributed by atoms with Crippen molar-refractivity contribution in [2.45, 2.75) is 36.3 Å². The molecule has 4 aliphatic heterocycles. The fourth-order valence-electron chi connectivity index (χ4n) is 6.48. The smallest absolute Gasteiger partial charge is 0.243 e. The first-order valence-electron chi connectivity index (χ1n) is 19.6. The summed E-state index contributed by atoms with van der Waals surface area (Å²) in [4.78, 5) is 15.8.